The molecule has 0 amide bonds. The smallest absolute Gasteiger partial charge is 0.0945 e. The van der Waals surface area contributed by atoms with Crippen molar-refractivity contribution < 1.29 is 4.74 Å². The van der Waals surface area contributed by atoms with E-state index in [1.54, 1.807) is 0 Å². The normalized spacial score (nSPS) is 13.1. The van der Waals surface area contributed by atoms with Gasteiger partial charge < -0.3 is 9.30 Å². The van der Waals surface area contributed by atoms with Gasteiger partial charge >= 0.3 is 0 Å². The van der Waals surface area contributed by atoms with E-state index in [-0.39, 0.29) is 11.5 Å². The van der Waals surface area contributed by atoms with Crippen molar-refractivity contribution in [1.82, 2.24) is 9.55 Å². The molecule has 0 aliphatic carbocycles. The average molecular weight is 375 g/mol. The highest BCUT2D eigenvalue weighted by atomic mass is 16.5. The van der Waals surface area contributed by atoms with Crippen molar-refractivity contribution in [3.8, 4) is 0 Å². The molecule has 0 aliphatic rings. The van der Waals surface area contributed by atoms with Crippen molar-refractivity contribution in [2.24, 2.45) is 0 Å². The number of aryl methyl sites for hydroxylation is 1. The first-order chi connectivity index (χ1) is 13.5. The molecule has 0 saturated heterocycles. The fourth-order valence-electron chi connectivity index (χ4n) is 3.15. The first kappa shape index (κ1) is 20.1. The second kappa shape index (κ2) is 9.52. The maximum absolute atomic E-state index is 6.25. The second-order valence-electron chi connectivity index (χ2n) is 8.10. The van der Waals surface area contributed by atoms with Gasteiger partial charge in [-0.3, -0.25) is 0 Å². The lowest BCUT2D eigenvalue weighted by atomic mass is 9.86. The number of benzene rings is 2. The lowest BCUT2D eigenvalue weighted by Crippen LogP contribution is -2.12. The summed E-state index contributed by atoms with van der Waals surface area (Å²) in [7, 11) is 0. The van der Waals surface area contributed by atoms with Crippen molar-refractivity contribution in [3.63, 3.8) is 0 Å². The van der Waals surface area contributed by atoms with Crippen LogP contribution in [0, 0.1) is 0 Å². The number of aromatic nitrogens is 2. The van der Waals surface area contributed by atoms with Crippen LogP contribution in [0.15, 0.2) is 79.4 Å². The van der Waals surface area contributed by atoms with Gasteiger partial charge in [-0.05, 0) is 28.5 Å². The number of hydrogen-bond acceptors (Lipinski definition) is 2. The van der Waals surface area contributed by atoms with E-state index in [1.807, 2.05) is 36.9 Å². The van der Waals surface area contributed by atoms with Gasteiger partial charge in [0.2, 0.25) is 0 Å². The van der Waals surface area contributed by atoms with Crippen LogP contribution in [0.25, 0.3) is 6.08 Å². The molecule has 1 heterocycles. The van der Waals surface area contributed by atoms with E-state index in [9.17, 15) is 0 Å². The summed E-state index contributed by atoms with van der Waals surface area (Å²) < 4.78 is 8.35. The van der Waals surface area contributed by atoms with Gasteiger partial charge in [-0.25, -0.2) is 4.98 Å². The van der Waals surface area contributed by atoms with Crippen molar-refractivity contribution in [2.45, 2.75) is 45.3 Å². The van der Waals surface area contributed by atoms with Crippen LogP contribution in [0.4, 0.5) is 0 Å². The van der Waals surface area contributed by atoms with Crippen LogP contribution in [0.1, 0.15) is 50.0 Å². The first-order valence-corrected chi connectivity index (χ1v) is 9.92. The van der Waals surface area contributed by atoms with E-state index in [0.29, 0.717) is 6.61 Å². The molecule has 0 bridgehead atoms. The van der Waals surface area contributed by atoms with Crippen molar-refractivity contribution in [2.75, 3.05) is 6.61 Å². The van der Waals surface area contributed by atoms with Crippen LogP contribution in [0.5, 0.6) is 0 Å². The molecule has 28 heavy (non-hydrogen) atoms. The first-order valence-electron chi connectivity index (χ1n) is 9.92. The Balaban J connectivity index is 1.66. The third-order valence-corrected chi connectivity index (χ3v) is 4.86. The van der Waals surface area contributed by atoms with Crippen LogP contribution in [-0.2, 0) is 16.7 Å². The molecule has 0 aliphatic heterocycles. The average Bonchev–Trinajstić information content (AvgIpc) is 3.21. The summed E-state index contributed by atoms with van der Waals surface area (Å²) >= 11 is 0. The van der Waals surface area contributed by atoms with Crippen molar-refractivity contribution in [3.05, 3.63) is 96.1 Å². The molecule has 1 unspecified atom stereocenters. The molecule has 1 aromatic heterocycles. The highest BCUT2D eigenvalue weighted by Crippen LogP contribution is 2.27. The molecule has 0 saturated carbocycles. The third-order valence-electron chi connectivity index (χ3n) is 4.86. The van der Waals surface area contributed by atoms with Crippen LogP contribution >= 0.6 is 0 Å². The summed E-state index contributed by atoms with van der Waals surface area (Å²) in [5, 5.41) is 0. The highest BCUT2D eigenvalue weighted by Gasteiger charge is 2.16. The van der Waals surface area contributed by atoms with E-state index < -0.39 is 0 Å². The Kier molecular flexibility index (Phi) is 6.83. The Bertz CT molecular complexity index is 844. The molecule has 2 aromatic carbocycles. The number of nitrogens with zero attached hydrogens (tertiary/aromatic N) is 2. The van der Waals surface area contributed by atoms with Gasteiger partial charge in [-0.15, -0.1) is 0 Å². The molecular formula is C25H30N2O. The molecule has 3 nitrogen and oxygen atoms in total. The van der Waals surface area contributed by atoms with Gasteiger partial charge in [0.05, 0.1) is 19.0 Å². The van der Waals surface area contributed by atoms with Crippen molar-refractivity contribution >= 4 is 6.08 Å². The zero-order chi connectivity index (χ0) is 19.8. The summed E-state index contributed by atoms with van der Waals surface area (Å²) in [5.74, 6) is 0. The monoisotopic (exact) mass is 374 g/mol. The fourth-order valence-corrected chi connectivity index (χ4v) is 3.15. The number of rotatable bonds is 8. The highest BCUT2D eigenvalue weighted by molar-refractivity contribution is 5.48. The minimum absolute atomic E-state index is 0.0526. The van der Waals surface area contributed by atoms with Crippen LogP contribution in [0.3, 0.4) is 0 Å². The number of ether oxygens (including phenoxy) is 1. The van der Waals surface area contributed by atoms with Crippen LogP contribution in [0.2, 0.25) is 0 Å². The van der Waals surface area contributed by atoms with E-state index in [0.717, 1.165) is 13.0 Å². The van der Waals surface area contributed by atoms with Crippen LogP contribution in [-0.4, -0.2) is 16.2 Å². The maximum atomic E-state index is 6.25. The maximum Gasteiger partial charge on any atom is 0.0945 e. The SMILES string of the molecule is CC(C)(C)c1ccc(C(CCn2ccnc2)OCC=Cc2ccccc2)cc1. The molecule has 0 spiro atoms. The zero-order valence-corrected chi connectivity index (χ0v) is 17.1. The molecule has 3 rings (SSSR count). The Hall–Kier alpha value is -2.65. The summed E-state index contributed by atoms with van der Waals surface area (Å²) in [4.78, 5) is 4.13. The topological polar surface area (TPSA) is 27.1 Å². The Morgan fingerprint density at radius 1 is 1.04 bits per heavy atom. The van der Waals surface area contributed by atoms with Crippen LogP contribution < -0.4 is 0 Å². The minimum atomic E-state index is 0.0526. The summed E-state index contributed by atoms with van der Waals surface area (Å²) in [6.07, 6.45) is 10.8. The van der Waals surface area contributed by atoms with E-state index in [2.05, 4.69) is 78.9 Å². The molecular weight excluding hydrogens is 344 g/mol. The summed E-state index contributed by atoms with van der Waals surface area (Å²) in [6, 6.07) is 19.2. The molecule has 1 atom stereocenters. The molecule has 3 heteroatoms. The number of hydrogen-bond donors (Lipinski definition) is 0. The lowest BCUT2D eigenvalue weighted by molar-refractivity contribution is 0.0642. The third kappa shape index (κ3) is 5.93. The van der Waals surface area contributed by atoms with Gasteiger partial charge in [-0.2, -0.15) is 0 Å². The van der Waals surface area contributed by atoms with Gasteiger partial charge in [0.15, 0.2) is 0 Å². The van der Waals surface area contributed by atoms with E-state index >= 15 is 0 Å². The second-order valence-corrected chi connectivity index (χ2v) is 8.10. The number of imidazole rings is 1. The van der Waals surface area contributed by atoms with Gasteiger partial charge in [0.1, 0.15) is 0 Å². The van der Waals surface area contributed by atoms with Gasteiger partial charge in [-0.1, -0.05) is 87.5 Å². The predicted molar refractivity (Wildman–Crippen MR) is 116 cm³/mol. The Labute approximate surface area is 168 Å². The molecule has 0 fully saturated rings. The van der Waals surface area contributed by atoms with E-state index in [4.69, 9.17) is 4.74 Å². The molecule has 3 aromatic rings. The molecule has 0 N–H and O–H groups in total. The quantitative estimate of drug-likeness (QED) is 0.480. The molecule has 0 radical (unpaired) electrons. The van der Waals surface area contributed by atoms with E-state index in [1.165, 1.54) is 16.7 Å². The Morgan fingerprint density at radius 3 is 2.43 bits per heavy atom. The van der Waals surface area contributed by atoms with Gasteiger partial charge in [0.25, 0.3) is 0 Å². The summed E-state index contributed by atoms with van der Waals surface area (Å²) in [5.41, 5.74) is 3.91. The summed E-state index contributed by atoms with van der Waals surface area (Å²) in [6.45, 7) is 8.19. The fraction of sp³-hybridized carbons (Fsp3) is 0.320. The molecule has 146 valence electrons. The van der Waals surface area contributed by atoms with Crippen molar-refractivity contribution in [1.29, 1.82) is 0 Å². The standard InChI is InChI=1S/C25H30N2O/c1-25(2,3)23-13-11-22(12-14-23)24(15-17-27-18-16-26-20-27)28-19-7-10-21-8-5-4-6-9-21/h4-14,16,18,20,24H,15,17,19H2,1-3H3. The van der Waals surface area contributed by atoms with Gasteiger partial charge in [0, 0.05) is 18.9 Å². The zero-order valence-electron chi connectivity index (χ0n) is 17.1. The lowest BCUT2D eigenvalue weighted by Gasteiger charge is -2.22. The Morgan fingerprint density at radius 2 is 1.79 bits per heavy atom. The predicted octanol–water partition coefficient (Wildman–Crippen LogP) is 6.04. The largest absolute Gasteiger partial charge is 0.369 e. The minimum Gasteiger partial charge on any atom is -0.369 e.